The lowest BCUT2D eigenvalue weighted by Crippen LogP contribution is -2.29. The lowest BCUT2D eigenvalue weighted by molar-refractivity contribution is -0.137. The normalized spacial score (nSPS) is 12.7. The van der Waals surface area contributed by atoms with Crippen molar-refractivity contribution < 1.29 is 9.90 Å². The second-order valence-electron chi connectivity index (χ2n) is 4.58. The first kappa shape index (κ1) is 13.5. The Labute approximate surface area is 111 Å². The summed E-state index contributed by atoms with van der Waals surface area (Å²) >= 11 is 0. The Morgan fingerprint density at radius 1 is 1.47 bits per heavy atom. The van der Waals surface area contributed by atoms with Gasteiger partial charge in [0, 0.05) is 31.6 Å². The Morgan fingerprint density at radius 2 is 2.32 bits per heavy atom. The quantitative estimate of drug-likeness (QED) is 0.781. The Morgan fingerprint density at radius 3 is 3.11 bits per heavy atom. The zero-order valence-corrected chi connectivity index (χ0v) is 10.9. The van der Waals surface area contributed by atoms with Gasteiger partial charge in [0.25, 0.3) is 0 Å². The summed E-state index contributed by atoms with van der Waals surface area (Å²) in [5.41, 5.74) is 0.844. The first-order valence-electron chi connectivity index (χ1n) is 6.40. The maximum Gasteiger partial charge on any atom is 0.303 e. The van der Waals surface area contributed by atoms with E-state index in [-0.39, 0.29) is 12.5 Å². The van der Waals surface area contributed by atoms with Crippen molar-refractivity contribution in [1.82, 2.24) is 19.9 Å². The zero-order chi connectivity index (χ0) is 13.7. The number of hydrogen-bond acceptors (Lipinski definition) is 4. The molecular formula is C13H18N4O2. The molecule has 2 N–H and O–H groups in total. The molecule has 2 heterocycles. The molecule has 2 aromatic rings. The van der Waals surface area contributed by atoms with Crippen LogP contribution in [0.3, 0.4) is 0 Å². The van der Waals surface area contributed by atoms with Gasteiger partial charge in [0.2, 0.25) is 0 Å². The minimum absolute atomic E-state index is 0.190. The van der Waals surface area contributed by atoms with Crippen LogP contribution >= 0.6 is 0 Å². The highest BCUT2D eigenvalue weighted by atomic mass is 16.4. The molecule has 0 aromatic carbocycles. The maximum absolute atomic E-state index is 10.5. The summed E-state index contributed by atoms with van der Waals surface area (Å²) in [5, 5.41) is 20.1. The van der Waals surface area contributed by atoms with Crippen molar-refractivity contribution in [3.05, 3.63) is 30.2 Å². The highest BCUT2D eigenvalue weighted by molar-refractivity contribution is 5.66. The number of carbonyl (C=O) groups is 1. The smallest absolute Gasteiger partial charge is 0.303 e. The topological polar surface area (TPSA) is 79.5 Å². The SMILES string of the molecule is CC(CCC(=O)O)NCCc1nnc2ccccn12. The third-order valence-corrected chi connectivity index (χ3v) is 3.02. The van der Waals surface area contributed by atoms with Crippen molar-refractivity contribution in [1.29, 1.82) is 0 Å². The fourth-order valence-corrected chi connectivity index (χ4v) is 1.93. The van der Waals surface area contributed by atoms with Gasteiger partial charge in [-0.15, -0.1) is 10.2 Å². The summed E-state index contributed by atoms with van der Waals surface area (Å²) in [6.45, 7) is 2.75. The molecule has 0 fully saturated rings. The molecular weight excluding hydrogens is 244 g/mol. The van der Waals surface area contributed by atoms with Crippen molar-refractivity contribution in [2.24, 2.45) is 0 Å². The van der Waals surface area contributed by atoms with Crippen LogP contribution in [0.1, 0.15) is 25.6 Å². The second kappa shape index (κ2) is 6.29. The van der Waals surface area contributed by atoms with Crippen LogP contribution in [-0.2, 0) is 11.2 Å². The molecule has 19 heavy (non-hydrogen) atoms. The van der Waals surface area contributed by atoms with Crippen molar-refractivity contribution in [3.8, 4) is 0 Å². The van der Waals surface area contributed by atoms with Gasteiger partial charge in [-0.2, -0.15) is 0 Å². The van der Waals surface area contributed by atoms with Gasteiger partial charge < -0.3 is 10.4 Å². The molecule has 1 unspecified atom stereocenters. The molecule has 102 valence electrons. The van der Waals surface area contributed by atoms with Crippen LogP contribution in [0.5, 0.6) is 0 Å². The summed E-state index contributed by atoms with van der Waals surface area (Å²) in [4.78, 5) is 10.5. The van der Waals surface area contributed by atoms with E-state index in [1.807, 2.05) is 35.7 Å². The molecule has 1 atom stereocenters. The van der Waals surface area contributed by atoms with Gasteiger partial charge in [-0.3, -0.25) is 9.20 Å². The molecule has 0 bridgehead atoms. The molecule has 6 heteroatoms. The van der Waals surface area contributed by atoms with E-state index in [0.717, 1.165) is 24.4 Å². The van der Waals surface area contributed by atoms with Crippen molar-refractivity contribution >= 4 is 11.6 Å². The minimum Gasteiger partial charge on any atom is -0.481 e. The molecule has 6 nitrogen and oxygen atoms in total. The summed E-state index contributed by atoms with van der Waals surface area (Å²) in [7, 11) is 0. The van der Waals surface area contributed by atoms with Crippen LogP contribution in [0, 0.1) is 0 Å². The van der Waals surface area contributed by atoms with Crippen LogP contribution in [0.4, 0.5) is 0 Å². The van der Waals surface area contributed by atoms with E-state index in [0.29, 0.717) is 6.42 Å². The van der Waals surface area contributed by atoms with Gasteiger partial charge in [-0.25, -0.2) is 0 Å². The first-order chi connectivity index (χ1) is 9.16. The van der Waals surface area contributed by atoms with E-state index in [9.17, 15) is 4.79 Å². The molecule has 0 aliphatic rings. The van der Waals surface area contributed by atoms with E-state index in [4.69, 9.17) is 5.11 Å². The lowest BCUT2D eigenvalue weighted by Gasteiger charge is -2.11. The van der Waals surface area contributed by atoms with Crippen LogP contribution in [-0.4, -0.2) is 38.3 Å². The number of aliphatic carboxylic acids is 1. The zero-order valence-electron chi connectivity index (χ0n) is 10.9. The molecule has 0 aliphatic heterocycles. The number of fused-ring (bicyclic) bond motifs is 1. The first-order valence-corrected chi connectivity index (χ1v) is 6.40. The van der Waals surface area contributed by atoms with Crippen molar-refractivity contribution in [2.75, 3.05) is 6.54 Å². The van der Waals surface area contributed by atoms with Crippen LogP contribution in [0.15, 0.2) is 24.4 Å². The number of carboxylic acids is 1. The molecule has 0 saturated carbocycles. The summed E-state index contributed by atoms with van der Waals surface area (Å²) in [5.74, 6) is 0.158. The van der Waals surface area contributed by atoms with E-state index in [1.54, 1.807) is 0 Å². The van der Waals surface area contributed by atoms with Gasteiger partial charge in [0.15, 0.2) is 5.65 Å². The number of pyridine rings is 1. The van der Waals surface area contributed by atoms with Gasteiger partial charge in [0.05, 0.1) is 0 Å². The number of nitrogens with zero attached hydrogens (tertiary/aromatic N) is 3. The number of nitrogens with one attached hydrogen (secondary N) is 1. The third-order valence-electron chi connectivity index (χ3n) is 3.02. The Balaban J connectivity index is 1.81. The maximum atomic E-state index is 10.5. The van der Waals surface area contributed by atoms with E-state index in [2.05, 4.69) is 15.5 Å². The van der Waals surface area contributed by atoms with Gasteiger partial charge in [-0.05, 0) is 25.5 Å². The molecule has 0 spiro atoms. The number of hydrogen-bond donors (Lipinski definition) is 2. The van der Waals surface area contributed by atoms with Gasteiger partial charge >= 0.3 is 5.97 Å². The summed E-state index contributed by atoms with van der Waals surface area (Å²) in [6.07, 6.45) is 3.54. The van der Waals surface area contributed by atoms with E-state index in [1.165, 1.54) is 0 Å². The second-order valence-corrected chi connectivity index (χ2v) is 4.58. The average Bonchev–Trinajstić information content (AvgIpc) is 2.80. The molecule has 0 amide bonds. The molecule has 2 aromatic heterocycles. The van der Waals surface area contributed by atoms with E-state index < -0.39 is 5.97 Å². The minimum atomic E-state index is -0.753. The largest absolute Gasteiger partial charge is 0.481 e. The predicted octanol–water partition coefficient (Wildman–Crippen LogP) is 1.11. The number of aromatic nitrogens is 3. The molecule has 2 rings (SSSR count). The molecule has 0 saturated heterocycles. The fraction of sp³-hybridized carbons (Fsp3) is 0.462. The lowest BCUT2D eigenvalue weighted by atomic mass is 10.2. The Bertz CT molecular complexity index is 552. The van der Waals surface area contributed by atoms with Crippen LogP contribution < -0.4 is 5.32 Å². The Hall–Kier alpha value is -1.95. The summed E-state index contributed by atoms with van der Waals surface area (Å²) in [6, 6.07) is 5.98. The summed E-state index contributed by atoms with van der Waals surface area (Å²) < 4.78 is 1.96. The number of carboxylic acid groups (broad SMARTS) is 1. The fourth-order valence-electron chi connectivity index (χ4n) is 1.93. The standard InChI is InChI=1S/C13H18N4O2/c1-10(5-6-13(18)19)14-8-7-12-16-15-11-4-2-3-9-17(11)12/h2-4,9-10,14H,5-8H2,1H3,(H,18,19). The predicted molar refractivity (Wildman–Crippen MR) is 71.0 cm³/mol. The Kier molecular flexibility index (Phi) is 4.46. The van der Waals surface area contributed by atoms with Crippen LogP contribution in [0.25, 0.3) is 5.65 Å². The number of rotatable bonds is 7. The van der Waals surface area contributed by atoms with Crippen LogP contribution in [0.2, 0.25) is 0 Å². The average molecular weight is 262 g/mol. The monoisotopic (exact) mass is 262 g/mol. The third kappa shape index (κ3) is 3.75. The van der Waals surface area contributed by atoms with Crippen molar-refractivity contribution in [3.63, 3.8) is 0 Å². The highest BCUT2D eigenvalue weighted by Crippen LogP contribution is 2.03. The van der Waals surface area contributed by atoms with E-state index >= 15 is 0 Å². The van der Waals surface area contributed by atoms with Gasteiger partial charge in [-0.1, -0.05) is 6.07 Å². The van der Waals surface area contributed by atoms with Crippen molar-refractivity contribution in [2.45, 2.75) is 32.2 Å². The highest BCUT2D eigenvalue weighted by Gasteiger charge is 2.07. The van der Waals surface area contributed by atoms with Gasteiger partial charge in [0.1, 0.15) is 5.82 Å². The molecule has 0 aliphatic carbocycles. The molecule has 0 radical (unpaired) electrons.